The predicted octanol–water partition coefficient (Wildman–Crippen LogP) is 4.75. The van der Waals surface area contributed by atoms with Gasteiger partial charge in [0.25, 0.3) is 0 Å². The molecule has 0 amide bonds. The number of rotatable bonds is 2. The van der Waals surface area contributed by atoms with Crippen LogP contribution in [-0.4, -0.2) is 6.54 Å². The van der Waals surface area contributed by atoms with E-state index in [0.29, 0.717) is 6.04 Å². The Labute approximate surface area is 132 Å². The average Bonchev–Trinajstić information content (AvgIpc) is 2.66. The highest BCUT2D eigenvalue weighted by molar-refractivity contribution is 9.10. The van der Waals surface area contributed by atoms with E-state index in [1.54, 1.807) is 0 Å². The Balaban J connectivity index is 1.88. The number of anilines is 1. The maximum atomic E-state index is 6.16. The smallest absolute Gasteiger partial charge is 0.0568 e. The topological polar surface area (TPSA) is 24.1 Å². The summed E-state index contributed by atoms with van der Waals surface area (Å²) in [6, 6.07) is 14.9. The van der Waals surface area contributed by atoms with E-state index in [1.807, 2.05) is 12.1 Å². The minimum absolute atomic E-state index is 0.318. The number of halogens is 2. The van der Waals surface area contributed by atoms with Crippen LogP contribution in [0.15, 0.2) is 46.9 Å². The van der Waals surface area contributed by atoms with E-state index in [0.717, 1.165) is 34.7 Å². The van der Waals surface area contributed by atoms with E-state index in [2.05, 4.69) is 56.9 Å². The van der Waals surface area contributed by atoms with Crippen molar-refractivity contribution in [1.82, 2.24) is 5.32 Å². The molecule has 1 aliphatic heterocycles. The minimum atomic E-state index is 0.318. The molecule has 0 radical (unpaired) electrons. The largest absolute Gasteiger partial charge is 0.378 e. The van der Waals surface area contributed by atoms with E-state index >= 15 is 0 Å². The summed E-state index contributed by atoms with van der Waals surface area (Å²) in [6.07, 6.45) is 1.06. The fourth-order valence-electron chi connectivity index (χ4n) is 2.60. The van der Waals surface area contributed by atoms with E-state index < -0.39 is 0 Å². The third kappa shape index (κ3) is 3.00. The third-order valence-electron chi connectivity index (χ3n) is 3.62. The van der Waals surface area contributed by atoms with Crippen molar-refractivity contribution in [2.45, 2.75) is 19.0 Å². The van der Waals surface area contributed by atoms with E-state index in [1.165, 1.54) is 11.1 Å². The zero-order valence-electron chi connectivity index (χ0n) is 11.0. The van der Waals surface area contributed by atoms with Crippen molar-refractivity contribution in [3.8, 4) is 0 Å². The molecular weight excluding hydrogens is 336 g/mol. The molecule has 0 saturated carbocycles. The van der Waals surface area contributed by atoms with Crippen molar-refractivity contribution in [2.24, 2.45) is 0 Å². The van der Waals surface area contributed by atoms with Gasteiger partial charge in [0, 0.05) is 16.7 Å². The molecule has 1 aliphatic rings. The lowest BCUT2D eigenvalue weighted by molar-refractivity contribution is 0.637. The number of hydrogen-bond acceptors (Lipinski definition) is 2. The maximum Gasteiger partial charge on any atom is 0.0568 e. The molecule has 1 heterocycles. The average molecular weight is 352 g/mol. The second kappa shape index (κ2) is 6.17. The second-order valence-corrected chi connectivity index (χ2v) is 6.25. The summed E-state index contributed by atoms with van der Waals surface area (Å²) in [6.45, 7) is 1.95. The van der Waals surface area contributed by atoms with Crippen LogP contribution in [0.1, 0.15) is 23.6 Å². The molecule has 1 unspecified atom stereocenters. The second-order valence-electron chi connectivity index (χ2n) is 4.99. The molecule has 2 aromatic carbocycles. The summed E-state index contributed by atoms with van der Waals surface area (Å²) in [5.74, 6) is 0. The van der Waals surface area contributed by atoms with Crippen molar-refractivity contribution in [3.05, 3.63) is 63.1 Å². The molecule has 20 heavy (non-hydrogen) atoms. The molecule has 4 heteroatoms. The van der Waals surface area contributed by atoms with Crippen LogP contribution >= 0.6 is 27.5 Å². The number of fused-ring (bicyclic) bond motifs is 1. The Bertz CT molecular complexity index is 615. The molecule has 0 aromatic heterocycles. The van der Waals surface area contributed by atoms with Crippen molar-refractivity contribution in [1.29, 1.82) is 0 Å². The van der Waals surface area contributed by atoms with Crippen molar-refractivity contribution >= 4 is 33.2 Å². The Kier molecular flexibility index (Phi) is 4.29. The summed E-state index contributed by atoms with van der Waals surface area (Å²) in [5, 5.41) is 7.80. The lowest BCUT2D eigenvalue weighted by Gasteiger charge is -2.20. The zero-order valence-corrected chi connectivity index (χ0v) is 13.3. The molecule has 0 aliphatic carbocycles. The molecule has 0 fully saturated rings. The van der Waals surface area contributed by atoms with Crippen LogP contribution < -0.4 is 10.6 Å². The normalized spacial score (nSPS) is 18.2. The minimum Gasteiger partial charge on any atom is -0.378 e. The number of hydrogen-bond donors (Lipinski definition) is 2. The molecule has 3 rings (SSSR count). The van der Waals surface area contributed by atoms with Gasteiger partial charge < -0.3 is 10.6 Å². The molecule has 2 N–H and O–H groups in total. The Morgan fingerprint density at radius 1 is 1.20 bits per heavy atom. The quantitative estimate of drug-likeness (QED) is 0.816. The van der Waals surface area contributed by atoms with Gasteiger partial charge in [0.15, 0.2) is 0 Å². The van der Waals surface area contributed by atoms with Gasteiger partial charge in [-0.2, -0.15) is 0 Å². The first-order valence-corrected chi connectivity index (χ1v) is 7.91. The standard InChI is InChI=1S/C16H16BrClN2/c17-14-6-5-12(9-15(14)18)20-16-7-8-19-10-11-3-1-2-4-13(11)16/h1-6,9,16,19-20H,7-8,10H2. The number of benzene rings is 2. The SMILES string of the molecule is Clc1cc(NC2CCNCc3ccccc32)ccc1Br. The van der Waals surface area contributed by atoms with E-state index in [9.17, 15) is 0 Å². The predicted molar refractivity (Wildman–Crippen MR) is 88.3 cm³/mol. The van der Waals surface area contributed by atoms with Gasteiger partial charge in [-0.1, -0.05) is 35.9 Å². The summed E-state index contributed by atoms with van der Waals surface area (Å²) >= 11 is 9.59. The van der Waals surface area contributed by atoms with Crippen molar-refractivity contribution in [3.63, 3.8) is 0 Å². The van der Waals surface area contributed by atoms with Gasteiger partial charge in [-0.15, -0.1) is 0 Å². The van der Waals surface area contributed by atoms with Crippen LogP contribution in [0.25, 0.3) is 0 Å². The first-order chi connectivity index (χ1) is 9.74. The highest BCUT2D eigenvalue weighted by Gasteiger charge is 2.17. The van der Waals surface area contributed by atoms with Gasteiger partial charge in [0.2, 0.25) is 0 Å². The fraction of sp³-hybridized carbons (Fsp3) is 0.250. The van der Waals surface area contributed by atoms with Crippen molar-refractivity contribution < 1.29 is 0 Å². The fourth-order valence-corrected chi connectivity index (χ4v) is 3.02. The van der Waals surface area contributed by atoms with Crippen LogP contribution in [0.3, 0.4) is 0 Å². The van der Waals surface area contributed by atoms with Gasteiger partial charge in [-0.3, -0.25) is 0 Å². The van der Waals surface area contributed by atoms with Crippen LogP contribution in [-0.2, 0) is 6.54 Å². The third-order valence-corrected chi connectivity index (χ3v) is 4.85. The Morgan fingerprint density at radius 3 is 2.90 bits per heavy atom. The first kappa shape index (κ1) is 13.9. The zero-order chi connectivity index (χ0) is 13.9. The molecule has 2 aromatic rings. The highest BCUT2D eigenvalue weighted by atomic mass is 79.9. The van der Waals surface area contributed by atoms with Crippen LogP contribution in [0.4, 0.5) is 5.69 Å². The summed E-state index contributed by atoms with van der Waals surface area (Å²) in [7, 11) is 0. The number of nitrogens with one attached hydrogen (secondary N) is 2. The monoisotopic (exact) mass is 350 g/mol. The van der Waals surface area contributed by atoms with Gasteiger partial charge >= 0.3 is 0 Å². The maximum absolute atomic E-state index is 6.16. The van der Waals surface area contributed by atoms with Crippen LogP contribution in [0.2, 0.25) is 5.02 Å². The summed E-state index contributed by atoms with van der Waals surface area (Å²) in [5.41, 5.74) is 3.79. The lowest BCUT2D eigenvalue weighted by atomic mass is 9.99. The van der Waals surface area contributed by atoms with E-state index in [-0.39, 0.29) is 0 Å². The summed E-state index contributed by atoms with van der Waals surface area (Å²) < 4.78 is 0.924. The Morgan fingerprint density at radius 2 is 2.05 bits per heavy atom. The molecule has 104 valence electrons. The molecule has 0 saturated heterocycles. The van der Waals surface area contributed by atoms with Crippen LogP contribution in [0.5, 0.6) is 0 Å². The van der Waals surface area contributed by atoms with Gasteiger partial charge in [0.05, 0.1) is 11.1 Å². The van der Waals surface area contributed by atoms with Gasteiger partial charge in [-0.25, -0.2) is 0 Å². The lowest BCUT2D eigenvalue weighted by Crippen LogP contribution is -2.15. The molecule has 0 spiro atoms. The molecule has 1 atom stereocenters. The Hall–Kier alpha value is -1.03. The van der Waals surface area contributed by atoms with Crippen molar-refractivity contribution in [2.75, 3.05) is 11.9 Å². The van der Waals surface area contributed by atoms with Crippen LogP contribution in [0, 0.1) is 0 Å². The van der Waals surface area contributed by atoms with Gasteiger partial charge in [0.1, 0.15) is 0 Å². The summed E-state index contributed by atoms with van der Waals surface area (Å²) in [4.78, 5) is 0. The molecular formula is C16H16BrClN2. The highest BCUT2D eigenvalue weighted by Crippen LogP contribution is 2.30. The van der Waals surface area contributed by atoms with Gasteiger partial charge in [-0.05, 0) is 58.2 Å². The first-order valence-electron chi connectivity index (χ1n) is 6.74. The van der Waals surface area contributed by atoms with E-state index in [4.69, 9.17) is 11.6 Å². The molecule has 2 nitrogen and oxygen atoms in total. The molecule has 0 bridgehead atoms.